The lowest BCUT2D eigenvalue weighted by Gasteiger charge is -2.14. The van der Waals surface area contributed by atoms with Crippen molar-refractivity contribution < 1.29 is 4.24 Å². The Kier molecular flexibility index (Phi) is 6.46. The average molecular weight is 603 g/mol. The molecule has 0 amide bonds. The Morgan fingerprint density at radius 2 is 1.06 bits per heavy atom. The van der Waals surface area contributed by atoms with E-state index < -0.39 is 0 Å². The van der Waals surface area contributed by atoms with Gasteiger partial charge < -0.3 is 0 Å². The highest BCUT2D eigenvalue weighted by Gasteiger charge is 2.34. The summed E-state index contributed by atoms with van der Waals surface area (Å²) in [5.41, 5.74) is 10.2. The predicted molar refractivity (Wildman–Crippen MR) is 186 cm³/mol. The number of rotatable bonds is 5. The van der Waals surface area contributed by atoms with Crippen LogP contribution in [0.25, 0.3) is 61.9 Å². The highest BCUT2D eigenvalue weighted by Crippen LogP contribution is 2.33. The van der Waals surface area contributed by atoms with E-state index in [2.05, 4.69) is 113 Å². The maximum atomic E-state index is 5.20. The van der Waals surface area contributed by atoms with Crippen LogP contribution in [0.3, 0.4) is 0 Å². The summed E-state index contributed by atoms with van der Waals surface area (Å²) in [6.45, 7) is 0. The molecule has 1 aliphatic carbocycles. The van der Waals surface area contributed by atoms with Crippen LogP contribution < -0.4 is 9.72 Å². The van der Waals surface area contributed by atoms with Gasteiger partial charge in [0.25, 0.3) is 11.3 Å². The second kappa shape index (κ2) is 11.2. The molecule has 5 heteroatoms. The Bertz CT molecular complexity index is 2490. The first kappa shape index (κ1) is 27.0. The molecule has 2 aromatic heterocycles. The fourth-order valence-corrected chi connectivity index (χ4v) is 6.60. The first-order chi connectivity index (χ1) is 23.3. The van der Waals surface area contributed by atoms with Gasteiger partial charge in [0.15, 0.2) is 5.82 Å². The second-order valence-corrected chi connectivity index (χ2v) is 11.7. The minimum Gasteiger partial charge on any atom is -0.228 e. The highest BCUT2D eigenvalue weighted by atomic mass is 15.1. The van der Waals surface area contributed by atoms with Crippen molar-refractivity contribution in [3.8, 4) is 45.4 Å². The summed E-state index contributed by atoms with van der Waals surface area (Å²) in [7, 11) is 0. The smallest absolute Gasteiger partial charge is 0.228 e. The molecule has 5 nitrogen and oxygen atoms in total. The summed E-state index contributed by atoms with van der Waals surface area (Å²) in [5.74, 6) is 2.31. The van der Waals surface area contributed by atoms with Crippen molar-refractivity contribution in [1.29, 1.82) is 0 Å². The number of fused-ring (bicyclic) bond motifs is 3. The minimum atomic E-state index is 0.0373. The molecule has 0 saturated carbocycles. The van der Waals surface area contributed by atoms with Crippen LogP contribution in [0.1, 0.15) is 5.56 Å². The van der Waals surface area contributed by atoms with E-state index >= 15 is 0 Å². The summed E-state index contributed by atoms with van der Waals surface area (Å²) in [6, 6.07) is 47.7. The Labute approximate surface area is 272 Å². The number of aromatic nitrogens is 5. The number of benzene rings is 5. The molecule has 2 aliphatic rings. The van der Waals surface area contributed by atoms with Gasteiger partial charge in [-0.25, -0.2) is 9.97 Å². The number of para-hydroxylation sites is 1. The first-order valence-corrected chi connectivity index (χ1v) is 15.8. The molecule has 0 bridgehead atoms. The third kappa shape index (κ3) is 4.68. The Morgan fingerprint density at radius 1 is 0.468 bits per heavy atom. The van der Waals surface area contributed by atoms with Gasteiger partial charge in [-0.1, -0.05) is 143 Å². The molecule has 220 valence electrons. The molecule has 0 N–H and O–H groups in total. The van der Waals surface area contributed by atoms with Gasteiger partial charge in [-0.2, -0.15) is 4.24 Å². The largest absolute Gasteiger partial charge is 0.308 e. The van der Waals surface area contributed by atoms with Crippen molar-refractivity contribution >= 4 is 16.5 Å². The molecule has 47 heavy (non-hydrogen) atoms. The quantitative estimate of drug-likeness (QED) is 0.189. The van der Waals surface area contributed by atoms with Crippen LogP contribution in [0.15, 0.2) is 164 Å². The third-order valence-electron chi connectivity index (χ3n) is 8.82. The summed E-state index contributed by atoms with van der Waals surface area (Å²) >= 11 is 0. The number of allylic oxidation sites excluding steroid dienone is 4. The van der Waals surface area contributed by atoms with Crippen LogP contribution in [0, 0.1) is 11.6 Å². The van der Waals surface area contributed by atoms with E-state index in [-0.39, 0.29) is 5.92 Å². The third-order valence-corrected chi connectivity index (χ3v) is 8.82. The van der Waals surface area contributed by atoms with Gasteiger partial charge in [-0.3, -0.25) is 0 Å². The van der Waals surface area contributed by atoms with Crippen molar-refractivity contribution in [3.63, 3.8) is 0 Å². The van der Waals surface area contributed by atoms with Crippen LogP contribution in [-0.4, -0.2) is 19.9 Å². The van der Waals surface area contributed by atoms with Crippen molar-refractivity contribution in [2.24, 2.45) is 5.92 Å². The van der Waals surface area contributed by atoms with Crippen molar-refractivity contribution in [2.75, 3.05) is 0 Å². The van der Waals surface area contributed by atoms with Gasteiger partial charge >= 0.3 is 5.82 Å². The number of hydrogen-bond acceptors (Lipinski definition) is 4. The zero-order chi connectivity index (χ0) is 31.2. The molecule has 0 spiro atoms. The van der Waals surface area contributed by atoms with Crippen LogP contribution in [0.4, 0.5) is 0 Å². The van der Waals surface area contributed by atoms with E-state index in [1.54, 1.807) is 0 Å². The van der Waals surface area contributed by atoms with Crippen LogP contribution >= 0.6 is 0 Å². The summed E-state index contributed by atoms with van der Waals surface area (Å²) in [4.78, 5) is 20.5. The summed E-state index contributed by atoms with van der Waals surface area (Å²) < 4.78 is 2.25. The highest BCUT2D eigenvalue weighted by molar-refractivity contribution is 5.93. The monoisotopic (exact) mass is 602 g/mol. The van der Waals surface area contributed by atoms with Crippen molar-refractivity contribution in [1.82, 2.24) is 19.9 Å². The summed E-state index contributed by atoms with van der Waals surface area (Å²) in [6.07, 6.45) is 8.65. The average Bonchev–Trinajstić information content (AvgIpc) is 3.49. The maximum absolute atomic E-state index is 5.20. The fourth-order valence-electron chi connectivity index (χ4n) is 6.60. The minimum absolute atomic E-state index is 0.0373. The summed E-state index contributed by atoms with van der Waals surface area (Å²) in [5, 5.41) is 1.04. The molecule has 5 aromatic carbocycles. The molecule has 7 aromatic rings. The molecule has 0 radical (unpaired) electrons. The Balaban J connectivity index is 1.25. The number of hydrogen-bond donors (Lipinski definition) is 0. The topological polar surface area (TPSA) is 57.5 Å². The molecule has 3 heterocycles. The zero-order valence-corrected chi connectivity index (χ0v) is 25.4. The van der Waals surface area contributed by atoms with E-state index in [4.69, 9.17) is 19.9 Å². The van der Waals surface area contributed by atoms with Crippen molar-refractivity contribution in [3.05, 3.63) is 181 Å². The van der Waals surface area contributed by atoms with Gasteiger partial charge in [0.05, 0.1) is 28.3 Å². The van der Waals surface area contributed by atoms with Gasteiger partial charge in [-0.15, -0.1) is 0 Å². The lowest BCUT2D eigenvalue weighted by Crippen LogP contribution is -2.43. The lowest BCUT2D eigenvalue weighted by atomic mass is 9.88. The number of nitrogens with zero attached hydrogens (tertiary/aromatic N) is 5. The normalized spacial score (nSPS) is 14.8. The maximum Gasteiger partial charge on any atom is 0.308 e. The zero-order valence-electron chi connectivity index (χ0n) is 25.4. The van der Waals surface area contributed by atoms with E-state index in [0.29, 0.717) is 11.6 Å². The fraction of sp³-hybridized carbons (Fsp3) is 0.0238. The van der Waals surface area contributed by atoms with Crippen LogP contribution in [0.5, 0.6) is 0 Å². The molecule has 9 rings (SSSR count). The van der Waals surface area contributed by atoms with E-state index in [0.717, 1.165) is 67.0 Å². The van der Waals surface area contributed by atoms with Crippen LogP contribution in [0.2, 0.25) is 0 Å². The van der Waals surface area contributed by atoms with Crippen molar-refractivity contribution in [2.45, 2.75) is 0 Å². The lowest BCUT2D eigenvalue weighted by molar-refractivity contribution is -0.528. The first-order valence-electron chi connectivity index (χ1n) is 15.8. The molecule has 1 unspecified atom stereocenters. The van der Waals surface area contributed by atoms with Gasteiger partial charge in [0, 0.05) is 27.6 Å². The predicted octanol–water partition coefficient (Wildman–Crippen LogP) is 7.71. The molecular weight excluding hydrogens is 574 g/mol. The van der Waals surface area contributed by atoms with E-state index in [1.807, 2.05) is 54.6 Å². The second-order valence-electron chi connectivity index (χ2n) is 11.7. The van der Waals surface area contributed by atoms with E-state index in [1.165, 1.54) is 0 Å². The molecule has 0 fully saturated rings. The standard InChI is InChI=1S/C42H28N5/c1-4-14-28(15-5-1)37-35-22-12-13-23-36(35)43-39(44-37)31-26-24-29(25-27-31)38-33-20-10-11-21-34(33)42-46-40(30-16-6-2-7-17-30)45-41(47(38)42)32-18-8-3-9-19-32/h1-27,33H/q+1. The van der Waals surface area contributed by atoms with Gasteiger partial charge in [0.2, 0.25) is 0 Å². The Hall–Kier alpha value is -6.33. The van der Waals surface area contributed by atoms with Gasteiger partial charge in [0.1, 0.15) is 5.71 Å². The molecule has 1 atom stereocenters. The van der Waals surface area contributed by atoms with Gasteiger partial charge in [-0.05, 0) is 30.3 Å². The van der Waals surface area contributed by atoms with Crippen LogP contribution in [-0.2, 0) is 0 Å². The molecular formula is C42H28N5+. The van der Waals surface area contributed by atoms with E-state index in [9.17, 15) is 0 Å². The SMILES string of the molecule is C1=CC2=c3nc(-c4ccccc4)nc(-c4ccccc4)[n+]3=C(c3ccc(-c4nc(-c5ccccc5)c5ccccc5n4)cc3)C2C=C1. The molecule has 1 aliphatic heterocycles. The Morgan fingerprint density at radius 3 is 1.81 bits per heavy atom. The molecule has 0 saturated heterocycles.